The highest BCUT2D eigenvalue weighted by molar-refractivity contribution is 6.93. The summed E-state index contributed by atoms with van der Waals surface area (Å²) in [5, 5.41) is 1.87. The van der Waals surface area contributed by atoms with E-state index in [0.29, 0.717) is 10.8 Å². The molecule has 0 saturated carbocycles. The van der Waals surface area contributed by atoms with Crippen LogP contribution in [0.4, 0.5) is 5.69 Å². The monoisotopic (exact) mass is 313 g/mol. The fourth-order valence-electron chi connectivity index (χ4n) is 5.47. The summed E-state index contributed by atoms with van der Waals surface area (Å²) >= 11 is 0. The second-order valence-electron chi connectivity index (χ2n) is 9.66. The number of aryl methyl sites for hydroxylation is 1. The Kier molecular flexibility index (Phi) is 2.83. The lowest BCUT2D eigenvalue weighted by atomic mass is 9.72. The maximum atomic E-state index is 2.75. The Hall–Kier alpha value is -0.763. The van der Waals surface area contributed by atoms with Crippen LogP contribution in [0.15, 0.2) is 6.07 Å². The van der Waals surface area contributed by atoms with Gasteiger partial charge in [0.1, 0.15) is 0 Å². The minimum absolute atomic E-state index is 0.347. The number of nitrogens with zero attached hydrogens (tertiary/aromatic N) is 1. The molecule has 1 unspecified atom stereocenters. The van der Waals surface area contributed by atoms with Crippen molar-refractivity contribution in [3.8, 4) is 0 Å². The molecule has 0 saturated heterocycles. The Morgan fingerprint density at radius 3 is 2.45 bits per heavy atom. The van der Waals surface area contributed by atoms with Crippen molar-refractivity contribution in [2.45, 2.75) is 76.9 Å². The van der Waals surface area contributed by atoms with Gasteiger partial charge in [-0.25, -0.2) is 0 Å². The fourth-order valence-corrected chi connectivity index (χ4v) is 10.2. The summed E-state index contributed by atoms with van der Waals surface area (Å²) in [7, 11) is -1.27. The maximum absolute atomic E-state index is 2.75. The van der Waals surface area contributed by atoms with Crippen LogP contribution in [-0.2, 0) is 10.8 Å². The Balaban J connectivity index is 2.12. The van der Waals surface area contributed by atoms with Gasteiger partial charge in [-0.2, -0.15) is 0 Å². The SMILES string of the molecule is Cc1cc2c3c4c1C(C)(C)CC[Si]4(C)CCN3CCC2(C)C. The summed E-state index contributed by atoms with van der Waals surface area (Å²) in [5.41, 5.74) is 7.39. The molecule has 3 aliphatic rings. The first-order valence-electron chi connectivity index (χ1n) is 9.10. The lowest BCUT2D eigenvalue weighted by Gasteiger charge is -2.53. The molecule has 120 valence electrons. The van der Waals surface area contributed by atoms with Gasteiger partial charge in [0.25, 0.3) is 0 Å². The highest BCUT2D eigenvalue weighted by atomic mass is 28.3. The van der Waals surface area contributed by atoms with Gasteiger partial charge in [-0.3, -0.25) is 0 Å². The third-order valence-corrected chi connectivity index (χ3v) is 11.4. The van der Waals surface area contributed by atoms with E-state index in [2.05, 4.69) is 52.1 Å². The van der Waals surface area contributed by atoms with Gasteiger partial charge >= 0.3 is 0 Å². The third kappa shape index (κ3) is 1.76. The van der Waals surface area contributed by atoms with Crippen molar-refractivity contribution >= 4 is 18.9 Å². The zero-order valence-corrected chi connectivity index (χ0v) is 16.3. The Morgan fingerprint density at radius 1 is 1.00 bits per heavy atom. The Bertz CT molecular complexity index is 658. The molecule has 1 nitrogen and oxygen atoms in total. The number of anilines is 1. The number of hydrogen-bond acceptors (Lipinski definition) is 1. The van der Waals surface area contributed by atoms with Crippen molar-refractivity contribution in [2.24, 2.45) is 0 Å². The van der Waals surface area contributed by atoms with Crippen molar-refractivity contribution in [1.29, 1.82) is 0 Å². The molecule has 2 heteroatoms. The molecule has 4 rings (SSSR count). The number of rotatable bonds is 0. The number of benzene rings is 1. The first kappa shape index (κ1) is 14.8. The lowest BCUT2D eigenvalue weighted by Crippen LogP contribution is -2.61. The third-order valence-electron chi connectivity index (χ3n) is 7.06. The van der Waals surface area contributed by atoms with E-state index in [0.717, 1.165) is 0 Å². The highest BCUT2D eigenvalue weighted by Crippen LogP contribution is 2.49. The summed E-state index contributed by atoms with van der Waals surface area (Å²) in [6, 6.07) is 5.54. The molecule has 0 bridgehead atoms. The molecule has 3 aliphatic heterocycles. The second kappa shape index (κ2) is 4.20. The largest absolute Gasteiger partial charge is 0.372 e. The van der Waals surface area contributed by atoms with Gasteiger partial charge in [0.2, 0.25) is 0 Å². The van der Waals surface area contributed by atoms with E-state index in [1.807, 2.05) is 5.19 Å². The molecule has 1 atom stereocenters. The molecule has 3 heterocycles. The summed E-state index contributed by atoms with van der Waals surface area (Å²) in [5.74, 6) is 0. The number of hydrogen-bond donors (Lipinski definition) is 0. The molecule has 0 N–H and O–H groups in total. The summed E-state index contributed by atoms with van der Waals surface area (Å²) in [6.07, 6.45) is 2.70. The van der Waals surface area contributed by atoms with Crippen molar-refractivity contribution < 1.29 is 0 Å². The van der Waals surface area contributed by atoms with Crippen molar-refractivity contribution in [2.75, 3.05) is 18.0 Å². The summed E-state index contributed by atoms with van der Waals surface area (Å²) in [4.78, 5) is 2.75. The van der Waals surface area contributed by atoms with E-state index in [4.69, 9.17) is 0 Å². The molecule has 0 spiro atoms. The van der Waals surface area contributed by atoms with Crippen molar-refractivity contribution in [3.05, 3.63) is 22.8 Å². The van der Waals surface area contributed by atoms with Crippen LogP contribution < -0.4 is 10.1 Å². The van der Waals surface area contributed by atoms with Crippen molar-refractivity contribution in [3.63, 3.8) is 0 Å². The minimum atomic E-state index is -1.27. The van der Waals surface area contributed by atoms with Gasteiger partial charge in [0.15, 0.2) is 0 Å². The zero-order chi connectivity index (χ0) is 15.9. The fraction of sp³-hybridized carbons (Fsp3) is 0.700. The molecule has 0 aromatic heterocycles. The average molecular weight is 314 g/mol. The molecular weight excluding hydrogens is 282 g/mol. The van der Waals surface area contributed by atoms with Crippen LogP contribution >= 0.6 is 0 Å². The van der Waals surface area contributed by atoms with Gasteiger partial charge in [-0.15, -0.1) is 0 Å². The van der Waals surface area contributed by atoms with E-state index in [1.165, 1.54) is 38.0 Å². The first-order valence-corrected chi connectivity index (χ1v) is 12.0. The van der Waals surface area contributed by atoms with Crippen LogP contribution in [0, 0.1) is 6.92 Å². The highest BCUT2D eigenvalue weighted by Gasteiger charge is 2.49. The topological polar surface area (TPSA) is 3.24 Å². The van der Waals surface area contributed by atoms with E-state index < -0.39 is 8.07 Å². The van der Waals surface area contributed by atoms with E-state index in [1.54, 1.807) is 22.4 Å². The molecular formula is C20H31NSi. The molecule has 0 amide bonds. The Labute approximate surface area is 137 Å². The van der Waals surface area contributed by atoms with Gasteiger partial charge in [0, 0.05) is 18.8 Å². The predicted octanol–water partition coefficient (Wildman–Crippen LogP) is 4.46. The second-order valence-corrected chi connectivity index (χ2v) is 14.3. The molecule has 0 fully saturated rings. The van der Waals surface area contributed by atoms with Crippen LogP contribution in [-0.4, -0.2) is 21.2 Å². The van der Waals surface area contributed by atoms with Crippen LogP contribution in [0.25, 0.3) is 0 Å². The van der Waals surface area contributed by atoms with Gasteiger partial charge in [0.05, 0.1) is 8.07 Å². The van der Waals surface area contributed by atoms with Crippen molar-refractivity contribution in [1.82, 2.24) is 0 Å². The van der Waals surface area contributed by atoms with Gasteiger partial charge in [-0.05, 0) is 58.5 Å². The Morgan fingerprint density at radius 2 is 1.73 bits per heavy atom. The normalized spacial score (nSPS) is 30.9. The van der Waals surface area contributed by atoms with Gasteiger partial charge < -0.3 is 4.90 Å². The summed E-state index contributed by atoms with van der Waals surface area (Å²) in [6.45, 7) is 17.5. The van der Waals surface area contributed by atoms with Crippen LogP contribution in [0.5, 0.6) is 0 Å². The van der Waals surface area contributed by atoms with Crippen LogP contribution in [0.2, 0.25) is 18.6 Å². The molecule has 22 heavy (non-hydrogen) atoms. The summed E-state index contributed by atoms with van der Waals surface area (Å²) < 4.78 is 0. The predicted molar refractivity (Wildman–Crippen MR) is 99.5 cm³/mol. The van der Waals surface area contributed by atoms with E-state index >= 15 is 0 Å². The molecule has 0 radical (unpaired) electrons. The van der Waals surface area contributed by atoms with Crippen LogP contribution in [0.1, 0.15) is 57.2 Å². The zero-order valence-electron chi connectivity index (χ0n) is 15.3. The van der Waals surface area contributed by atoms with Gasteiger partial charge in [-0.1, -0.05) is 46.4 Å². The first-order chi connectivity index (χ1) is 10.2. The maximum Gasteiger partial charge on any atom is 0.0885 e. The quantitative estimate of drug-likeness (QED) is 0.639. The molecule has 1 aromatic rings. The average Bonchev–Trinajstić information content (AvgIpc) is 2.42. The minimum Gasteiger partial charge on any atom is -0.372 e. The van der Waals surface area contributed by atoms with E-state index in [9.17, 15) is 0 Å². The molecule has 0 aliphatic carbocycles. The molecule has 1 aromatic carbocycles. The van der Waals surface area contributed by atoms with E-state index in [-0.39, 0.29) is 0 Å². The smallest absolute Gasteiger partial charge is 0.0885 e. The standard InChI is InChI=1S/C20H31NSi/c1-14-13-15-17-18-16(14)20(4,5)8-11-22(18,6)12-10-21(17)9-7-19(15,2)3/h13H,7-12H2,1-6H3. The van der Waals surface area contributed by atoms with Crippen LogP contribution in [0.3, 0.4) is 0 Å². The lowest BCUT2D eigenvalue weighted by molar-refractivity contribution is 0.448.